The molecule has 1 aliphatic carbocycles. The highest BCUT2D eigenvalue weighted by molar-refractivity contribution is 6.06. The Labute approximate surface area is 106 Å². The molecule has 0 heterocycles. The number of aliphatic carboxylic acids is 1. The summed E-state index contributed by atoms with van der Waals surface area (Å²) in [6, 6.07) is 8.67. The van der Waals surface area contributed by atoms with Gasteiger partial charge in [0.2, 0.25) is 0 Å². The molecular formula is C14H17NO3. The summed E-state index contributed by atoms with van der Waals surface area (Å²) >= 11 is 0. The molecule has 0 saturated heterocycles. The molecule has 18 heavy (non-hydrogen) atoms. The molecular weight excluding hydrogens is 230 g/mol. The van der Waals surface area contributed by atoms with Crippen LogP contribution in [-0.2, 0) is 4.79 Å². The predicted octanol–water partition coefficient (Wildman–Crippen LogP) is 1.84. The van der Waals surface area contributed by atoms with Gasteiger partial charge in [-0.2, -0.15) is 0 Å². The number of ketones is 1. The zero-order valence-electron chi connectivity index (χ0n) is 10.3. The van der Waals surface area contributed by atoms with E-state index in [0.717, 1.165) is 0 Å². The van der Waals surface area contributed by atoms with Gasteiger partial charge in [-0.15, -0.1) is 0 Å². The van der Waals surface area contributed by atoms with E-state index in [1.54, 1.807) is 31.2 Å². The van der Waals surface area contributed by atoms with Crippen molar-refractivity contribution in [2.24, 2.45) is 11.1 Å². The summed E-state index contributed by atoms with van der Waals surface area (Å²) in [5, 5.41) is 9.37. The van der Waals surface area contributed by atoms with Crippen molar-refractivity contribution in [3.8, 4) is 0 Å². The zero-order valence-corrected chi connectivity index (χ0v) is 10.3. The molecule has 4 nitrogen and oxygen atoms in total. The number of rotatable bonds is 3. The molecule has 4 heteroatoms. The maximum absolute atomic E-state index is 12.5. The van der Waals surface area contributed by atoms with Crippen LogP contribution in [0.15, 0.2) is 30.3 Å². The number of carboxylic acid groups (broad SMARTS) is 1. The zero-order chi connectivity index (χ0) is 13.4. The van der Waals surface area contributed by atoms with E-state index < -0.39 is 16.9 Å². The normalized spacial score (nSPS) is 31.2. The Morgan fingerprint density at radius 2 is 1.83 bits per heavy atom. The van der Waals surface area contributed by atoms with Gasteiger partial charge in [-0.3, -0.25) is 9.59 Å². The first-order valence-corrected chi connectivity index (χ1v) is 6.04. The lowest BCUT2D eigenvalue weighted by atomic mass is 9.70. The van der Waals surface area contributed by atoms with Crippen LogP contribution >= 0.6 is 0 Å². The molecule has 1 aromatic carbocycles. The van der Waals surface area contributed by atoms with Crippen molar-refractivity contribution in [1.29, 1.82) is 0 Å². The fourth-order valence-electron chi connectivity index (χ4n) is 2.73. The van der Waals surface area contributed by atoms with Gasteiger partial charge in [0, 0.05) is 5.56 Å². The lowest BCUT2D eigenvalue weighted by molar-refractivity contribution is -0.149. The second-order valence-corrected chi connectivity index (χ2v) is 5.16. The number of Topliss-reactive ketones (excluding diaryl/α,β-unsaturated/α-hetero) is 1. The Hall–Kier alpha value is -1.68. The Morgan fingerprint density at radius 3 is 2.39 bits per heavy atom. The molecule has 0 amide bonds. The fraction of sp³-hybridized carbons (Fsp3) is 0.429. The molecule has 1 aliphatic rings. The average Bonchev–Trinajstić information content (AvgIpc) is 2.68. The van der Waals surface area contributed by atoms with E-state index in [2.05, 4.69) is 0 Å². The third kappa shape index (κ3) is 1.64. The maximum Gasteiger partial charge on any atom is 0.311 e. The lowest BCUT2D eigenvalue weighted by Gasteiger charge is -2.36. The van der Waals surface area contributed by atoms with Gasteiger partial charge in [0.25, 0.3) is 0 Å². The van der Waals surface area contributed by atoms with Crippen LogP contribution in [-0.4, -0.2) is 22.4 Å². The van der Waals surface area contributed by atoms with Gasteiger partial charge in [-0.1, -0.05) is 30.3 Å². The SMILES string of the molecule is CC1(C(=O)O)CCCC1(N)C(=O)c1ccccc1. The summed E-state index contributed by atoms with van der Waals surface area (Å²) < 4.78 is 0. The minimum Gasteiger partial charge on any atom is -0.481 e. The van der Waals surface area contributed by atoms with E-state index in [1.165, 1.54) is 0 Å². The molecule has 0 aromatic heterocycles. The molecule has 0 radical (unpaired) electrons. The summed E-state index contributed by atoms with van der Waals surface area (Å²) in [7, 11) is 0. The Kier molecular flexibility index (Phi) is 2.99. The summed E-state index contributed by atoms with van der Waals surface area (Å²) in [5.41, 5.74) is 4.18. The molecule has 96 valence electrons. The molecule has 1 fully saturated rings. The summed E-state index contributed by atoms with van der Waals surface area (Å²) in [4.78, 5) is 23.9. The van der Waals surface area contributed by atoms with E-state index in [4.69, 9.17) is 5.73 Å². The molecule has 2 rings (SSSR count). The van der Waals surface area contributed by atoms with Gasteiger partial charge >= 0.3 is 5.97 Å². The Balaban J connectivity index is 2.43. The monoisotopic (exact) mass is 247 g/mol. The fourth-order valence-corrected chi connectivity index (χ4v) is 2.73. The minimum absolute atomic E-state index is 0.273. The molecule has 1 aromatic rings. The number of hydrogen-bond donors (Lipinski definition) is 2. The number of hydrogen-bond acceptors (Lipinski definition) is 3. The molecule has 0 bridgehead atoms. The van der Waals surface area contributed by atoms with Crippen LogP contribution in [0.5, 0.6) is 0 Å². The van der Waals surface area contributed by atoms with Gasteiger partial charge in [0.15, 0.2) is 5.78 Å². The van der Waals surface area contributed by atoms with Gasteiger partial charge in [0.1, 0.15) is 0 Å². The smallest absolute Gasteiger partial charge is 0.311 e. The third-order valence-electron chi connectivity index (χ3n) is 4.15. The van der Waals surface area contributed by atoms with Crippen molar-refractivity contribution in [3.05, 3.63) is 35.9 Å². The van der Waals surface area contributed by atoms with Crippen molar-refractivity contribution < 1.29 is 14.7 Å². The van der Waals surface area contributed by atoms with Crippen LogP contribution < -0.4 is 5.73 Å². The molecule has 2 unspecified atom stereocenters. The van der Waals surface area contributed by atoms with Crippen molar-refractivity contribution in [2.45, 2.75) is 31.7 Å². The van der Waals surface area contributed by atoms with Crippen LogP contribution in [0.4, 0.5) is 0 Å². The van der Waals surface area contributed by atoms with Gasteiger partial charge < -0.3 is 10.8 Å². The van der Waals surface area contributed by atoms with Crippen molar-refractivity contribution >= 4 is 11.8 Å². The summed E-state index contributed by atoms with van der Waals surface area (Å²) in [6.07, 6.45) is 1.53. The Bertz CT molecular complexity index is 485. The van der Waals surface area contributed by atoms with Crippen molar-refractivity contribution in [2.75, 3.05) is 0 Å². The van der Waals surface area contributed by atoms with Crippen LogP contribution in [0.3, 0.4) is 0 Å². The van der Waals surface area contributed by atoms with E-state index in [0.29, 0.717) is 24.8 Å². The first-order valence-electron chi connectivity index (χ1n) is 6.04. The maximum atomic E-state index is 12.5. The van der Waals surface area contributed by atoms with Crippen LogP contribution in [0.25, 0.3) is 0 Å². The largest absolute Gasteiger partial charge is 0.481 e. The number of benzene rings is 1. The van der Waals surface area contributed by atoms with Crippen LogP contribution in [0, 0.1) is 5.41 Å². The van der Waals surface area contributed by atoms with Gasteiger partial charge in [-0.05, 0) is 26.2 Å². The number of carbonyl (C=O) groups excluding carboxylic acids is 1. The van der Waals surface area contributed by atoms with Crippen LogP contribution in [0.1, 0.15) is 36.5 Å². The number of carboxylic acids is 1. The van der Waals surface area contributed by atoms with Gasteiger partial charge in [-0.25, -0.2) is 0 Å². The highest BCUT2D eigenvalue weighted by atomic mass is 16.4. The second kappa shape index (κ2) is 4.21. The van der Waals surface area contributed by atoms with Gasteiger partial charge in [0.05, 0.1) is 11.0 Å². The molecule has 2 atom stereocenters. The average molecular weight is 247 g/mol. The third-order valence-corrected chi connectivity index (χ3v) is 4.15. The first-order chi connectivity index (χ1) is 8.42. The molecule has 0 spiro atoms. The van der Waals surface area contributed by atoms with Crippen molar-refractivity contribution in [3.63, 3.8) is 0 Å². The lowest BCUT2D eigenvalue weighted by Crippen LogP contribution is -2.59. The molecule has 0 aliphatic heterocycles. The van der Waals surface area contributed by atoms with E-state index in [9.17, 15) is 14.7 Å². The van der Waals surface area contributed by atoms with E-state index in [-0.39, 0.29) is 5.78 Å². The minimum atomic E-state index is -1.31. The highest BCUT2D eigenvalue weighted by Crippen LogP contribution is 2.46. The number of nitrogens with two attached hydrogens (primary N) is 1. The number of carbonyl (C=O) groups is 2. The predicted molar refractivity (Wildman–Crippen MR) is 67.3 cm³/mol. The molecule has 3 N–H and O–H groups in total. The highest BCUT2D eigenvalue weighted by Gasteiger charge is 2.58. The van der Waals surface area contributed by atoms with E-state index >= 15 is 0 Å². The van der Waals surface area contributed by atoms with E-state index in [1.807, 2.05) is 6.07 Å². The topological polar surface area (TPSA) is 80.4 Å². The summed E-state index contributed by atoms with van der Waals surface area (Å²) in [6.45, 7) is 1.57. The first kappa shape index (κ1) is 12.8. The standard InChI is InChI=1S/C14H17NO3/c1-13(12(17)18)8-5-9-14(13,15)11(16)10-6-3-2-4-7-10/h2-4,6-7H,5,8-9,15H2,1H3,(H,17,18). The summed E-state index contributed by atoms with van der Waals surface area (Å²) in [5.74, 6) is -1.27. The second-order valence-electron chi connectivity index (χ2n) is 5.16. The molecule has 1 saturated carbocycles. The van der Waals surface area contributed by atoms with Crippen LogP contribution in [0.2, 0.25) is 0 Å². The van der Waals surface area contributed by atoms with Crippen molar-refractivity contribution in [1.82, 2.24) is 0 Å². The Morgan fingerprint density at radius 1 is 1.22 bits per heavy atom. The quantitative estimate of drug-likeness (QED) is 0.799.